The number of ether oxygens (including phenoxy) is 1. The first-order valence-electron chi connectivity index (χ1n) is 7.67. The number of methoxy groups -OCH3 is 1. The zero-order valence-electron chi connectivity index (χ0n) is 13.8. The Morgan fingerprint density at radius 1 is 1.46 bits per heavy atom. The van der Waals surface area contributed by atoms with E-state index in [4.69, 9.17) is 4.74 Å². The Bertz CT molecular complexity index is 570. The summed E-state index contributed by atoms with van der Waals surface area (Å²) >= 11 is 0. The van der Waals surface area contributed by atoms with Gasteiger partial charge >= 0.3 is 0 Å². The fourth-order valence-corrected chi connectivity index (χ4v) is 2.55. The number of likely N-dealkylation sites (N-methyl/N-ethyl adjacent to an activating group) is 1. The molecule has 1 saturated heterocycles. The van der Waals surface area contributed by atoms with Crippen molar-refractivity contribution in [2.75, 3.05) is 32.1 Å². The summed E-state index contributed by atoms with van der Waals surface area (Å²) in [4.78, 5) is 26.0. The summed E-state index contributed by atoms with van der Waals surface area (Å²) in [5.74, 6) is 0.215. The number of aliphatic hydroxyl groups excluding tert-OH is 1. The average Bonchev–Trinajstić information content (AvgIpc) is 2.98. The summed E-state index contributed by atoms with van der Waals surface area (Å²) in [5, 5.41) is 15.2. The number of β-amino-alcohol motifs (C(OH)–C–C–N with tert-alkyl or cyclic N) is 1. The second-order valence-corrected chi connectivity index (χ2v) is 5.48. The van der Waals surface area contributed by atoms with Crippen LogP contribution >= 0.6 is 12.4 Å². The maximum absolute atomic E-state index is 12.4. The largest absolute Gasteiger partial charge is 0.497 e. The van der Waals surface area contributed by atoms with Crippen LogP contribution < -0.4 is 15.4 Å². The Kier molecular flexibility index (Phi) is 7.97. The van der Waals surface area contributed by atoms with Crippen LogP contribution in [0.3, 0.4) is 0 Å². The van der Waals surface area contributed by atoms with Crippen molar-refractivity contribution >= 4 is 29.9 Å². The molecule has 2 atom stereocenters. The van der Waals surface area contributed by atoms with Crippen molar-refractivity contribution in [2.24, 2.45) is 0 Å². The van der Waals surface area contributed by atoms with Crippen molar-refractivity contribution in [2.45, 2.75) is 25.5 Å². The fraction of sp³-hybridized carbons (Fsp3) is 0.500. The molecule has 0 radical (unpaired) electrons. The Hall–Kier alpha value is -1.83. The predicted octanol–water partition coefficient (Wildman–Crippen LogP) is 0.627. The van der Waals surface area contributed by atoms with Crippen molar-refractivity contribution in [3.8, 4) is 5.75 Å². The van der Waals surface area contributed by atoms with Gasteiger partial charge in [-0.3, -0.25) is 9.59 Å². The van der Waals surface area contributed by atoms with Crippen LogP contribution in [-0.2, 0) is 9.59 Å². The second kappa shape index (κ2) is 9.46. The first kappa shape index (κ1) is 20.2. The predicted molar refractivity (Wildman–Crippen MR) is 93.5 cm³/mol. The molecule has 8 heteroatoms. The molecule has 0 saturated carbocycles. The third-order valence-corrected chi connectivity index (χ3v) is 3.79. The van der Waals surface area contributed by atoms with Gasteiger partial charge in [0.15, 0.2) is 0 Å². The number of nitrogens with one attached hydrogen (secondary N) is 2. The van der Waals surface area contributed by atoms with Gasteiger partial charge in [0.2, 0.25) is 11.8 Å². The Balaban J connectivity index is 0.00000288. The Morgan fingerprint density at radius 2 is 2.21 bits per heavy atom. The minimum absolute atomic E-state index is 0. The number of hydrogen-bond donors (Lipinski definition) is 3. The average molecular weight is 358 g/mol. The first-order chi connectivity index (χ1) is 11.0. The number of benzene rings is 1. The number of anilines is 1. The fourth-order valence-electron chi connectivity index (χ4n) is 2.55. The van der Waals surface area contributed by atoms with E-state index in [9.17, 15) is 14.7 Å². The van der Waals surface area contributed by atoms with Crippen molar-refractivity contribution in [1.29, 1.82) is 0 Å². The van der Waals surface area contributed by atoms with Gasteiger partial charge in [-0.05, 0) is 25.5 Å². The van der Waals surface area contributed by atoms with E-state index in [-0.39, 0.29) is 30.8 Å². The monoisotopic (exact) mass is 357 g/mol. The highest BCUT2D eigenvalue weighted by Crippen LogP contribution is 2.16. The molecule has 1 aliphatic rings. The molecule has 1 fully saturated rings. The molecule has 1 aliphatic heterocycles. The van der Waals surface area contributed by atoms with Crippen LogP contribution in [0.25, 0.3) is 0 Å². The Labute approximate surface area is 147 Å². The van der Waals surface area contributed by atoms with Crippen molar-refractivity contribution in [3.63, 3.8) is 0 Å². The van der Waals surface area contributed by atoms with Crippen molar-refractivity contribution < 1.29 is 19.4 Å². The summed E-state index contributed by atoms with van der Waals surface area (Å²) in [5.41, 5.74) is 0.618. The molecular weight excluding hydrogens is 334 g/mol. The lowest BCUT2D eigenvalue weighted by Gasteiger charge is -2.23. The number of aliphatic hydroxyl groups is 1. The molecule has 1 aromatic carbocycles. The van der Waals surface area contributed by atoms with Gasteiger partial charge in [-0.1, -0.05) is 6.07 Å². The van der Waals surface area contributed by atoms with Crippen LogP contribution in [0, 0.1) is 0 Å². The number of amides is 2. The van der Waals surface area contributed by atoms with Gasteiger partial charge in [-0.25, -0.2) is 0 Å². The van der Waals surface area contributed by atoms with E-state index in [1.807, 2.05) is 6.92 Å². The number of hydrogen-bond acceptors (Lipinski definition) is 5. The summed E-state index contributed by atoms with van der Waals surface area (Å²) in [6.45, 7) is 2.63. The van der Waals surface area contributed by atoms with Crippen LogP contribution in [0.5, 0.6) is 5.75 Å². The maximum Gasteiger partial charge on any atom is 0.243 e. The summed E-state index contributed by atoms with van der Waals surface area (Å²) < 4.78 is 5.11. The highest BCUT2D eigenvalue weighted by molar-refractivity contribution is 5.95. The van der Waals surface area contributed by atoms with E-state index < -0.39 is 12.1 Å². The third-order valence-electron chi connectivity index (χ3n) is 3.79. The molecule has 3 N–H and O–H groups in total. The van der Waals surface area contributed by atoms with Crippen molar-refractivity contribution in [1.82, 2.24) is 10.2 Å². The summed E-state index contributed by atoms with van der Waals surface area (Å²) in [6.07, 6.45) is -0.124. The molecule has 0 spiro atoms. The number of halogens is 1. The molecule has 2 amide bonds. The van der Waals surface area contributed by atoms with Gasteiger partial charge in [-0.15, -0.1) is 12.4 Å². The first-order valence-corrected chi connectivity index (χ1v) is 7.67. The minimum atomic E-state index is -0.506. The molecule has 0 aromatic heterocycles. The summed E-state index contributed by atoms with van der Waals surface area (Å²) in [6, 6.07) is 6.61. The molecule has 1 heterocycles. The summed E-state index contributed by atoms with van der Waals surface area (Å²) in [7, 11) is 1.56. The normalized spacial score (nSPS) is 19.3. The lowest BCUT2D eigenvalue weighted by atomic mass is 10.2. The smallest absolute Gasteiger partial charge is 0.243 e. The van der Waals surface area contributed by atoms with Gasteiger partial charge in [-0.2, -0.15) is 0 Å². The molecule has 0 aliphatic carbocycles. The van der Waals surface area contributed by atoms with Gasteiger partial charge < -0.3 is 25.4 Å². The van der Waals surface area contributed by atoms with E-state index in [0.717, 1.165) is 0 Å². The number of rotatable bonds is 6. The molecule has 1 aromatic rings. The van der Waals surface area contributed by atoms with Gasteiger partial charge in [0.1, 0.15) is 5.75 Å². The highest BCUT2D eigenvalue weighted by atomic mass is 35.5. The van der Waals surface area contributed by atoms with Crippen LogP contribution in [-0.4, -0.2) is 60.7 Å². The highest BCUT2D eigenvalue weighted by Gasteiger charge is 2.31. The van der Waals surface area contributed by atoms with Crippen LogP contribution in [0.2, 0.25) is 0 Å². The second-order valence-electron chi connectivity index (χ2n) is 5.48. The molecule has 0 bridgehead atoms. The Morgan fingerprint density at radius 3 is 2.79 bits per heavy atom. The van der Waals surface area contributed by atoms with Crippen LogP contribution in [0.15, 0.2) is 24.3 Å². The molecule has 24 heavy (non-hydrogen) atoms. The molecule has 7 nitrogen and oxygen atoms in total. The van der Waals surface area contributed by atoms with Crippen molar-refractivity contribution in [3.05, 3.63) is 24.3 Å². The molecular formula is C16H24ClN3O4. The topological polar surface area (TPSA) is 90.9 Å². The van der Waals surface area contributed by atoms with Gasteiger partial charge in [0, 0.05) is 24.8 Å². The lowest BCUT2D eigenvalue weighted by Crippen LogP contribution is -2.46. The molecule has 134 valence electrons. The number of nitrogens with zero attached hydrogens (tertiary/aromatic N) is 1. The van der Waals surface area contributed by atoms with E-state index >= 15 is 0 Å². The van der Waals surface area contributed by atoms with Gasteiger partial charge in [0.05, 0.1) is 25.8 Å². The zero-order valence-corrected chi connectivity index (χ0v) is 14.6. The van der Waals surface area contributed by atoms with Crippen LogP contribution in [0.4, 0.5) is 5.69 Å². The van der Waals surface area contributed by atoms with E-state index in [2.05, 4.69) is 10.6 Å². The van der Waals surface area contributed by atoms with E-state index in [1.54, 1.807) is 31.4 Å². The number of carbonyl (C=O) groups excluding carboxylic acids is 2. The lowest BCUT2D eigenvalue weighted by molar-refractivity contribution is -0.136. The quantitative estimate of drug-likeness (QED) is 0.694. The molecule has 2 unspecified atom stereocenters. The minimum Gasteiger partial charge on any atom is -0.497 e. The number of carbonyl (C=O) groups is 2. The standard InChI is InChI=1S/C16H23N3O4.ClH/c1-3-19(16(22)14-8-12(20)9-17-14)10-15(21)18-11-5-4-6-13(7-11)23-2;/h4-7,12,14,17,20H,3,8-10H2,1-2H3,(H,18,21);1H. The van der Waals surface area contributed by atoms with Crippen LogP contribution in [0.1, 0.15) is 13.3 Å². The van der Waals surface area contributed by atoms with E-state index in [0.29, 0.717) is 30.9 Å². The van der Waals surface area contributed by atoms with Gasteiger partial charge in [0.25, 0.3) is 0 Å². The maximum atomic E-state index is 12.4. The van der Waals surface area contributed by atoms with E-state index in [1.165, 1.54) is 4.90 Å². The molecule has 2 rings (SSSR count). The third kappa shape index (κ3) is 5.36. The SMILES string of the molecule is CCN(CC(=O)Nc1cccc(OC)c1)C(=O)C1CC(O)CN1.Cl. The zero-order chi connectivity index (χ0) is 16.8.